The summed E-state index contributed by atoms with van der Waals surface area (Å²) < 4.78 is 5.50. The van der Waals surface area contributed by atoms with Crippen molar-refractivity contribution in [1.82, 2.24) is 5.32 Å². The topological polar surface area (TPSA) is 95.9 Å². The fourth-order valence-corrected chi connectivity index (χ4v) is 11.2. The molecule has 2 atom stereocenters. The van der Waals surface area contributed by atoms with Crippen LogP contribution in [0.15, 0.2) is 36.5 Å². The molecule has 0 aliphatic heterocycles. The molecule has 0 saturated carbocycles. The highest BCUT2D eigenvalue weighted by atomic mass is 16.5. The SMILES string of the molecule is CCCCC/C=C\C/C=C\CCCCCCCCCC(=O)OCCCCCCCCCCCCCCCCCCCCCCCCCCC(=O)NC(CO)C(O)/C=C/CCCCCCCCCCCCCCCCCCCCC. The van der Waals surface area contributed by atoms with E-state index in [2.05, 4.69) is 43.5 Å². The van der Waals surface area contributed by atoms with Gasteiger partial charge in [0.1, 0.15) is 0 Å². The quantitative estimate of drug-likeness (QED) is 0.0320. The van der Waals surface area contributed by atoms with Crippen molar-refractivity contribution in [3.8, 4) is 0 Å². The summed E-state index contributed by atoms with van der Waals surface area (Å²) in [5.41, 5.74) is 0. The van der Waals surface area contributed by atoms with Crippen LogP contribution < -0.4 is 5.32 Å². The minimum Gasteiger partial charge on any atom is -0.466 e. The number of allylic oxidation sites excluding steroid dienone is 5. The first-order chi connectivity index (χ1) is 39.0. The zero-order chi connectivity index (χ0) is 57.1. The van der Waals surface area contributed by atoms with E-state index in [0.29, 0.717) is 19.4 Å². The van der Waals surface area contributed by atoms with Crippen LogP contribution in [0.3, 0.4) is 0 Å². The van der Waals surface area contributed by atoms with Crippen LogP contribution in [0.2, 0.25) is 0 Å². The summed E-state index contributed by atoms with van der Waals surface area (Å²) in [5, 5.41) is 23.3. The van der Waals surface area contributed by atoms with E-state index >= 15 is 0 Å². The van der Waals surface area contributed by atoms with Crippen LogP contribution in [0.1, 0.15) is 393 Å². The zero-order valence-electron chi connectivity index (χ0n) is 53.4. The lowest BCUT2D eigenvalue weighted by molar-refractivity contribution is -0.143. The maximum atomic E-state index is 12.5. The summed E-state index contributed by atoms with van der Waals surface area (Å²) in [7, 11) is 0. The largest absolute Gasteiger partial charge is 0.466 e. The Balaban J connectivity index is 3.39. The van der Waals surface area contributed by atoms with Crippen molar-refractivity contribution in [2.24, 2.45) is 0 Å². The first kappa shape index (κ1) is 77.1. The third kappa shape index (κ3) is 65.1. The lowest BCUT2D eigenvalue weighted by Crippen LogP contribution is -2.45. The van der Waals surface area contributed by atoms with Gasteiger partial charge in [-0.05, 0) is 64.2 Å². The summed E-state index contributed by atoms with van der Waals surface area (Å²) >= 11 is 0. The van der Waals surface area contributed by atoms with E-state index in [1.54, 1.807) is 6.08 Å². The Kier molecular flexibility index (Phi) is 66.9. The molecule has 0 saturated heterocycles. The smallest absolute Gasteiger partial charge is 0.305 e. The van der Waals surface area contributed by atoms with E-state index in [9.17, 15) is 19.8 Å². The van der Waals surface area contributed by atoms with Gasteiger partial charge in [0, 0.05) is 12.8 Å². The molecule has 6 nitrogen and oxygen atoms in total. The molecule has 6 heteroatoms. The molecule has 0 rings (SSSR count). The summed E-state index contributed by atoms with van der Waals surface area (Å²) in [6.07, 6.45) is 87.9. The standard InChI is InChI=1S/C73H139NO5/c1-3-5-7-9-11-13-15-17-19-21-22-27-30-34-37-41-45-49-53-57-61-65-71(76)70(69-75)74-72(77)66-62-58-54-50-46-42-38-35-31-28-25-23-24-26-29-32-36-40-44-48-52-56-60-64-68-79-73(78)67-63-59-55-51-47-43-39-33-20-18-16-14-12-10-8-6-4-2/h12,14,18,20,61,65,70-71,75-76H,3-11,13,15-17,19,21-60,62-64,66-69H2,1-2H3,(H,74,77)/b14-12-,20-18-,65-61+. The number of carbonyl (C=O) groups is 2. The molecule has 0 fully saturated rings. The van der Waals surface area contributed by atoms with E-state index < -0.39 is 12.1 Å². The summed E-state index contributed by atoms with van der Waals surface area (Å²) in [5.74, 6) is -0.0554. The molecule has 2 unspecified atom stereocenters. The number of aliphatic hydroxyl groups is 2. The van der Waals surface area contributed by atoms with Crippen molar-refractivity contribution >= 4 is 11.9 Å². The van der Waals surface area contributed by atoms with Gasteiger partial charge in [0.2, 0.25) is 5.91 Å². The predicted octanol–water partition coefficient (Wildman–Crippen LogP) is 23.1. The molecule has 0 aliphatic carbocycles. The maximum Gasteiger partial charge on any atom is 0.305 e. The van der Waals surface area contributed by atoms with Crippen LogP contribution >= 0.6 is 0 Å². The van der Waals surface area contributed by atoms with Crippen LogP contribution in [-0.2, 0) is 14.3 Å². The van der Waals surface area contributed by atoms with Crippen molar-refractivity contribution in [1.29, 1.82) is 0 Å². The molecule has 0 heterocycles. The van der Waals surface area contributed by atoms with Crippen molar-refractivity contribution in [2.75, 3.05) is 13.2 Å². The monoisotopic (exact) mass is 1110 g/mol. The summed E-state index contributed by atoms with van der Waals surface area (Å²) in [4.78, 5) is 24.6. The third-order valence-electron chi connectivity index (χ3n) is 16.7. The van der Waals surface area contributed by atoms with Gasteiger partial charge in [-0.1, -0.05) is 352 Å². The summed E-state index contributed by atoms with van der Waals surface area (Å²) in [6, 6.07) is -0.628. The summed E-state index contributed by atoms with van der Waals surface area (Å²) in [6.45, 7) is 4.91. The number of ether oxygens (including phenoxy) is 1. The highest BCUT2D eigenvalue weighted by Crippen LogP contribution is 2.19. The number of hydrogen-bond acceptors (Lipinski definition) is 5. The number of carbonyl (C=O) groups excluding carboxylic acids is 2. The Morgan fingerprint density at radius 2 is 0.633 bits per heavy atom. The molecular weight excluding hydrogens is 971 g/mol. The molecule has 0 radical (unpaired) electrons. The number of esters is 1. The average Bonchev–Trinajstić information content (AvgIpc) is 3.45. The Bertz CT molecular complexity index is 1280. The Hall–Kier alpha value is -1.92. The molecule has 0 spiro atoms. The molecule has 0 aliphatic rings. The van der Waals surface area contributed by atoms with E-state index in [0.717, 1.165) is 51.4 Å². The Morgan fingerprint density at radius 1 is 0.354 bits per heavy atom. The fraction of sp³-hybridized carbons (Fsp3) is 0.890. The van der Waals surface area contributed by atoms with Crippen LogP contribution in [0.5, 0.6) is 0 Å². The van der Waals surface area contributed by atoms with Crippen LogP contribution in [-0.4, -0.2) is 47.4 Å². The number of unbranched alkanes of at least 4 members (excludes halogenated alkanes) is 52. The van der Waals surface area contributed by atoms with Gasteiger partial charge in [-0.25, -0.2) is 0 Å². The number of amides is 1. The van der Waals surface area contributed by atoms with Crippen molar-refractivity contribution in [3.63, 3.8) is 0 Å². The molecule has 0 aromatic rings. The maximum absolute atomic E-state index is 12.5. The molecule has 466 valence electrons. The van der Waals surface area contributed by atoms with Gasteiger partial charge >= 0.3 is 5.97 Å². The Morgan fingerprint density at radius 3 is 0.987 bits per heavy atom. The van der Waals surface area contributed by atoms with Crippen LogP contribution in [0.4, 0.5) is 0 Å². The second kappa shape index (κ2) is 68.6. The molecule has 0 bridgehead atoms. The molecule has 0 aromatic carbocycles. The van der Waals surface area contributed by atoms with Crippen molar-refractivity contribution in [3.05, 3.63) is 36.5 Å². The van der Waals surface area contributed by atoms with Gasteiger partial charge in [0.15, 0.2) is 0 Å². The average molecular weight is 1110 g/mol. The van der Waals surface area contributed by atoms with Gasteiger partial charge in [0.25, 0.3) is 0 Å². The first-order valence-corrected chi connectivity index (χ1v) is 35.8. The van der Waals surface area contributed by atoms with Gasteiger partial charge in [-0.3, -0.25) is 9.59 Å². The number of rotatable bonds is 67. The minimum absolute atomic E-state index is 0.00780. The van der Waals surface area contributed by atoms with Gasteiger partial charge < -0.3 is 20.3 Å². The lowest BCUT2D eigenvalue weighted by atomic mass is 10.0. The molecule has 3 N–H and O–H groups in total. The Labute approximate surface area is 494 Å². The number of nitrogens with one attached hydrogen (secondary N) is 1. The normalized spacial score (nSPS) is 12.7. The van der Waals surface area contributed by atoms with Gasteiger partial charge in [-0.15, -0.1) is 0 Å². The molecule has 1 amide bonds. The van der Waals surface area contributed by atoms with E-state index in [1.165, 1.54) is 315 Å². The first-order valence-electron chi connectivity index (χ1n) is 35.8. The van der Waals surface area contributed by atoms with Crippen LogP contribution in [0, 0.1) is 0 Å². The predicted molar refractivity (Wildman–Crippen MR) is 347 cm³/mol. The minimum atomic E-state index is -0.845. The highest BCUT2D eigenvalue weighted by molar-refractivity contribution is 5.76. The van der Waals surface area contributed by atoms with E-state index in [4.69, 9.17) is 4.74 Å². The molecule has 0 aromatic heterocycles. The molecule has 79 heavy (non-hydrogen) atoms. The number of hydrogen-bond donors (Lipinski definition) is 3. The van der Waals surface area contributed by atoms with Crippen molar-refractivity contribution in [2.45, 2.75) is 405 Å². The second-order valence-corrected chi connectivity index (χ2v) is 24.6. The third-order valence-corrected chi connectivity index (χ3v) is 16.7. The fourth-order valence-electron chi connectivity index (χ4n) is 11.2. The second-order valence-electron chi connectivity index (χ2n) is 24.6. The zero-order valence-corrected chi connectivity index (χ0v) is 53.4. The lowest BCUT2D eigenvalue weighted by Gasteiger charge is -2.20. The van der Waals surface area contributed by atoms with Crippen LogP contribution in [0.25, 0.3) is 0 Å². The molecular formula is C73H139NO5. The van der Waals surface area contributed by atoms with Crippen molar-refractivity contribution < 1.29 is 24.5 Å². The van der Waals surface area contributed by atoms with E-state index in [1.807, 2.05) is 6.08 Å². The highest BCUT2D eigenvalue weighted by Gasteiger charge is 2.18. The van der Waals surface area contributed by atoms with E-state index in [-0.39, 0.29) is 18.5 Å². The van der Waals surface area contributed by atoms with Gasteiger partial charge in [-0.2, -0.15) is 0 Å². The number of aliphatic hydroxyl groups excluding tert-OH is 2. The van der Waals surface area contributed by atoms with Gasteiger partial charge in [0.05, 0.1) is 25.4 Å².